The highest BCUT2D eigenvalue weighted by Crippen LogP contribution is 2.18. The summed E-state index contributed by atoms with van der Waals surface area (Å²) in [5, 5.41) is 8.84. The topological polar surface area (TPSA) is 73.5 Å². The van der Waals surface area contributed by atoms with Crippen LogP contribution >= 0.6 is 12.4 Å². The molecule has 0 bridgehead atoms. The molecular weight excluding hydrogens is 304 g/mol. The number of benzene rings is 1. The largest absolute Gasteiger partial charge is 0.352 e. The van der Waals surface area contributed by atoms with Gasteiger partial charge in [-0.1, -0.05) is 11.6 Å². The zero-order valence-corrected chi connectivity index (χ0v) is 13.9. The lowest BCUT2D eigenvalue weighted by Gasteiger charge is -2.27. The molecule has 0 aromatic heterocycles. The van der Waals surface area contributed by atoms with E-state index in [1.807, 2.05) is 13.0 Å². The quantitative estimate of drug-likeness (QED) is 0.784. The molecule has 0 atom stereocenters. The Morgan fingerprint density at radius 2 is 2.00 bits per heavy atom. The number of hydrogen-bond donors (Lipinski definition) is 3. The van der Waals surface area contributed by atoms with Crippen LogP contribution in [-0.4, -0.2) is 50.6 Å². The molecule has 1 aromatic carbocycles. The minimum atomic E-state index is -0.254. The van der Waals surface area contributed by atoms with Crippen molar-refractivity contribution in [3.05, 3.63) is 29.3 Å². The fraction of sp³-hybridized carbons (Fsp3) is 0.467. The number of carbonyl (C=O) groups excluding carboxylic acids is 2. The Bertz CT molecular complexity index is 544. The van der Waals surface area contributed by atoms with E-state index in [2.05, 4.69) is 16.0 Å². The van der Waals surface area contributed by atoms with Crippen molar-refractivity contribution in [2.45, 2.75) is 6.92 Å². The van der Waals surface area contributed by atoms with Gasteiger partial charge in [0.1, 0.15) is 0 Å². The Morgan fingerprint density at radius 1 is 1.32 bits per heavy atom. The first-order chi connectivity index (χ1) is 9.97. The number of nitrogens with zero attached hydrogens (tertiary/aromatic N) is 1. The third kappa shape index (κ3) is 4.61. The molecule has 1 aromatic rings. The molecule has 1 saturated heterocycles. The van der Waals surface area contributed by atoms with Crippen molar-refractivity contribution in [2.75, 3.05) is 39.0 Å². The summed E-state index contributed by atoms with van der Waals surface area (Å²) in [6, 6.07) is 5.17. The van der Waals surface area contributed by atoms with Gasteiger partial charge < -0.3 is 20.9 Å². The van der Waals surface area contributed by atoms with Gasteiger partial charge in [-0.3, -0.25) is 4.79 Å². The molecule has 22 heavy (non-hydrogen) atoms. The molecule has 0 unspecified atom stereocenters. The average molecular weight is 327 g/mol. The van der Waals surface area contributed by atoms with Crippen LogP contribution in [0.4, 0.5) is 10.5 Å². The van der Waals surface area contributed by atoms with E-state index in [0.29, 0.717) is 23.7 Å². The molecule has 1 heterocycles. The van der Waals surface area contributed by atoms with Crippen molar-refractivity contribution in [3.8, 4) is 0 Å². The number of carbonyl (C=O) groups is 2. The van der Waals surface area contributed by atoms with Crippen molar-refractivity contribution < 1.29 is 9.59 Å². The first kappa shape index (κ1) is 18.3. The summed E-state index contributed by atoms with van der Waals surface area (Å²) in [5.74, 6) is 0.346. The molecule has 3 N–H and O–H groups in total. The summed E-state index contributed by atoms with van der Waals surface area (Å²) in [6.45, 7) is 4.46. The summed E-state index contributed by atoms with van der Waals surface area (Å²) in [4.78, 5) is 25.5. The summed E-state index contributed by atoms with van der Waals surface area (Å²) in [6.07, 6.45) is 0. The van der Waals surface area contributed by atoms with Crippen molar-refractivity contribution in [1.82, 2.24) is 15.5 Å². The van der Waals surface area contributed by atoms with E-state index >= 15 is 0 Å². The molecule has 1 fully saturated rings. The number of nitrogens with one attached hydrogen (secondary N) is 3. The molecule has 122 valence electrons. The lowest BCUT2D eigenvalue weighted by molar-refractivity contribution is 0.0943. The van der Waals surface area contributed by atoms with Gasteiger partial charge in [-0.05, 0) is 19.1 Å². The summed E-state index contributed by atoms with van der Waals surface area (Å²) in [5.41, 5.74) is 2.01. The zero-order valence-electron chi connectivity index (χ0n) is 13.1. The Balaban J connectivity index is 0.00000242. The van der Waals surface area contributed by atoms with Crippen LogP contribution in [0.1, 0.15) is 15.9 Å². The number of aryl methyl sites for hydroxylation is 1. The fourth-order valence-corrected chi connectivity index (χ4v) is 2.01. The second kappa shape index (κ2) is 8.00. The van der Waals surface area contributed by atoms with Crippen molar-refractivity contribution in [2.24, 2.45) is 5.92 Å². The van der Waals surface area contributed by atoms with E-state index in [0.717, 1.165) is 18.7 Å². The van der Waals surface area contributed by atoms with Crippen molar-refractivity contribution in [3.63, 3.8) is 0 Å². The Hall–Kier alpha value is -1.79. The molecule has 6 nitrogen and oxygen atoms in total. The monoisotopic (exact) mass is 326 g/mol. The average Bonchev–Trinajstić information content (AvgIpc) is 2.38. The number of hydrogen-bond acceptors (Lipinski definition) is 3. The highest BCUT2D eigenvalue weighted by molar-refractivity contribution is 6.03. The summed E-state index contributed by atoms with van der Waals surface area (Å²) in [7, 11) is 3.32. The van der Waals surface area contributed by atoms with Gasteiger partial charge in [-0.2, -0.15) is 0 Å². The predicted octanol–water partition coefficient (Wildman–Crippen LogP) is 1.46. The second-order valence-corrected chi connectivity index (χ2v) is 5.61. The van der Waals surface area contributed by atoms with Crippen LogP contribution in [0.25, 0.3) is 0 Å². The smallest absolute Gasteiger partial charge is 0.321 e. The minimum Gasteiger partial charge on any atom is -0.352 e. The normalized spacial score (nSPS) is 13.6. The van der Waals surface area contributed by atoms with Gasteiger partial charge in [0.05, 0.1) is 11.3 Å². The molecule has 0 radical (unpaired) electrons. The van der Waals surface area contributed by atoms with Crippen molar-refractivity contribution >= 4 is 30.0 Å². The number of amides is 3. The van der Waals surface area contributed by atoms with Gasteiger partial charge in [0.2, 0.25) is 0 Å². The fourth-order valence-electron chi connectivity index (χ4n) is 2.01. The van der Waals surface area contributed by atoms with Gasteiger partial charge >= 0.3 is 6.03 Å². The SMILES string of the molecule is Cc1ccc(NC(=O)N(C)C)c(C(=O)NCC2CNC2)c1.Cl. The van der Waals surface area contributed by atoms with E-state index in [1.165, 1.54) is 4.90 Å². The molecular formula is C15H23ClN4O2. The zero-order chi connectivity index (χ0) is 15.4. The maximum Gasteiger partial charge on any atom is 0.321 e. The number of rotatable bonds is 4. The molecule has 0 spiro atoms. The van der Waals surface area contributed by atoms with Crippen LogP contribution in [0.3, 0.4) is 0 Å². The number of halogens is 1. The second-order valence-electron chi connectivity index (χ2n) is 5.61. The van der Waals surface area contributed by atoms with Gasteiger partial charge in [0, 0.05) is 39.6 Å². The highest BCUT2D eigenvalue weighted by Gasteiger charge is 2.19. The third-order valence-corrected chi connectivity index (χ3v) is 3.48. The maximum absolute atomic E-state index is 12.3. The van der Waals surface area contributed by atoms with Crippen LogP contribution in [0.2, 0.25) is 0 Å². The van der Waals surface area contributed by atoms with E-state index in [1.54, 1.807) is 26.2 Å². The molecule has 3 amide bonds. The standard InChI is InChI=1S/C15H22N4O2.ClH/c1-10-4-5-13(18-15(21)19(2)3)12(6-10)14(20)17-9-11-7-16-8-11;/h4-6,11,16H,7-9H2,1-3H3,(H,17,20)(H,18,21);1H. The van der Waals surface area contributed by atoms with Crippen molar-refractivity contribution in [1.29, 1.82) is 0 Å². The van der Waals surface area contributed by atoms with E-state index < -0.39 is 0 Å². The Morgan fingerprint density at radius 3 is 2.55 bits per heavy atom. The minimum absolute atomic E-state index is 0. The van der Waals surface area contributed by atoms with Crippen LogP contribution in [0.15, 0.2) is 18.2 Å². The molecule has 7 heteroatoms. The highest BCUT2D eigenvalue weighted by atomic mass is 35.5. The number of anilines is 1. The van der Waals surface area contributed by atoms with Gasteiger partial charge in [0.25, 0.3) is 5.91 Å². The molecule has 1 aliphatic rings. The van der Waals surface area contributed by atoms with E-state index in [9.17, 15) is 9.59 Å². The predicted molar refractivity (Wildman–Crippen MR) is 89.8 cm³/mol. The van der Waals surface area contributed by atoms with Crippen LogP contribution in [0.5, 0.6) is 0 Å². The van der Waals surface area contributed by atoms with Gasteiger partial charge in [-0.15, -0.1) is 12.4 Å². The van der Waals surface area contributed by atoms with Gasteiger partial charge in [0.15, 0.2) is 0 Å². The van der Waals surface area contributed by atoms with Crippen LogP contribution < -0.4 is 16.0 Å². The lowest BCUT2D eigenvalue weighted by Crippen LogP contribution is -2.48. The van der Waals surface area contributed by atoms with Crippen LogP contribution in [0, 0.1) is 12.8 Å². The Kier molecular flexibility index (Phi) is 6.64. The van der Waals surface area contributed by atoms with Crippen LogP contribution in [-0.2, 0) is 0 Å². The molecule has 0 aliphatic carbocycles. The molecule has 1 aliphatic heterocycles. The van der Waals surface area contributed by atoms with E-state index in [-0.39, 0.29) is 24.3 Å². The summed E-state index contributed by atoms with van der Waals surface area (Å²) < 4.78 is 0. The number of urea groups is 1. The van der Waals surface area contributed by atoms with E-state index in [4.69, 9.17) is 0 Å². The lowest BCUT2D eigenvalue weighted by atomic mass is 10.0. The first-order valence-electron chi connectivity index (χ1n) is 7.05. The third-order valence-electron chi connectivity index (χ3n) is 3.48. The Labute approximate surface area is 137 Å². The molecule has 2 rings (SSSR count). The molecule has 0 saturated carbocycles. The maximum atomic E-state index is 12.3. The summed E-state index contributed by atoms with van der Waals surface area (Å²) >= 11 is 0. The van der Waals surface area contributed by atoms with Gasteiger partial charge in [-0.25, -0.2) is 4.79 Å². The first-order valence-corrected chi connectivity index (χ1v) is 7.05.